The Balaban J connectivity index is 2.11. The second-order valence-corrected chi connectivity index (χ2v) is 5.74. The summed E-state index contributed by atoms with van der Waals surface area (Å²) in [7, 11) is 4.53. The summed E-state index contributed by atoms with van der Waals surface area (Å²) in [6.07, 6.45) is 1.51. The molecule has 0 radical (unpaired) electrons. The van der Waals surface area contributed by atoms with Crippen LogP contribution in [0.1, 0.15) is 11.1 Å². The number of methoxy groups -OCH3 is 3. The summed E-state index contributed by atoms with van der Waals surface area (Å²) in [6.45, 7) is 0.891. The second-order valence-electron chi connectivity index (χ2n) is 5.74. The van der Waals surface area contributed by atoms with Crippen LogP contribution in [0.25, 0.3) is 10.9 Å². The van der Waals surface area contributed by atoms with E-state index in [9.17, 15) is 4.79 Å². The zero-order valence-corrected chi connectivity index (χ0v) is 15.0. The first-order chi connectivity index (χ1) is 12.6. The van der Waals surface area contributed by atoms with Gasteiger partial charge in [-0.25, -0.2) is 4.98 Å². The highest BCUT2D eigenvalue weighted by Gasteiger charge is 2.19. The monoisotopic (exact) mass is 355 g/mol. The zero-order chi connectivity index (χ0) is 18.7. The van der Waals surface area contributed by atoms with E-state index in [0.29, 0.717) is 41.2 Å². The maximum absolute atomic E-state index is 12.9. The molecule has 0 aliphatic heterocycles. The van der Waals surface area contributed by atoms with Gasteiger partial charge in [0, 0.05) is 6.54 Å². The van der Waals surface area contributed by atoms with Crippen molar-refractivity contribution in [3.8, 4) is 17.2 Å². The molecule has 7 nitrogen and oxygen atoms in total. The molecule has 2 N–H and O–H groups in total. The van der Waals surface area contributed by atoms with Gasteiger partial charge in [-0.05, 0) is 17.2 Å². The van der Waals surface area contributed by atoms with Gasteiger partial charge >= 0.3 is 0 Å². The molecule has 1 aromatic heterocycles. The molecule has 0 spiro atoms. The number of nitrogens with zero attached hydrogens (tertiary/aromatic N) is 2. The van der Waals surface area contributed by atoms with Crippen molar-refractivity contribution in [3.63, 3.8) is 0 Å². The van der Waals surface area contributed by atoms with Crippen molar-refractivity contribution in [1.82, 2.24) is 9.55 Å². The SMILES string of the molecule is COc1cc2c(=O)n(Cc3ccc(CN)cc3)cnc2c(OC)c1OC. The van der Waals surface area contributed by atoms with E-state index >= 15 is 0 Å². The number of fused-ring (bicyclic) bond motifs is 1. The van der Waals surface area contributed by atoms with Crippen LogP contribution in [0.4, 0.5) is 0 Å². The minimum atomic E-state index is -0.183. The Morgan fingerprint density at radius 1 is 1.00 bits per heavy atom. The maximum Gasteiger partial charge on any atom is 0.261 e. The standard InChI is InChI=1S/C19H21N3O4/c1-24-15-8-14-16(18(26-3)17(15)25-2)21-11-22(19(14)23)10-13-6-4-12(9-20)5-7-13/h4-8,11H,9-10,20H2,1-3H3. The van der Waals surface area contributed by atoms with E-state index in [1.54, 1.807) is 10.6 Å². The van der Waals surface area contributed by atoms with Crippen LogP contribution in [-0.2, 0) is 13.1 Å². The van der Waals surface area contributed by atoms with Crippen molar-refractivity contribution in [2.24, 2.45) is 5.73 Å². The van der Waals surface area contributed by atoms with Gasteiger partial charge in [0.15, 0.2) is 11.5 Å². The first-order valence-electron chi connectivity index (χ1n) is 8.09. The average molecular weight is 355 g/mol. The highest BCUT2D eigenvalue weighted by atomic mass is 16.5. The Labute approximate surface area is 150 Å². The van der Waals surface area contributed by atoms with Gasteiger partial charge in [0.25, 0.3) is 5.56 Å². The molecular formula is C19H21N3O4. The van der Waals surface area contributed by atoms with Crippen molar-refractivity contribution in [3.05, 3.63) is 58.1 Å². The third-order valence-electron chi connectivity index (χ3n) is 4.23. The van der Waals surface area contributed by atoms with Crippen LogP contribution in [0.15, 0.2) is 41.5 Å². The van der Waals surface area contributed by atoms with Crippen molar-refractivity contribution >= 4 is 10.9 Å². The van der Waals surface area contributed by atoms with Crippen LogP contribution in [0.3, 0.4) is 0 Å². The summed E-state index contributed by atoms with van der Waals surface area (Å²) in [5, 5.41) is 0.403. The molecule has 3 rings (SSSR count). The van der Waals surface area contributed by atoms with Crippen LogP contribution in [0.5, 0.6) is 17.2 Å². The first-order valence-corrected chi connectivity index (χ1v) is 8.09. The zero-order valence-electron chi connectivity index (χ0n) is 15.0. The molecular weight excluding hydrogens is 334 g/mol. The maximum atomic E-state index is 12.9. The van der Waals surface area contributed by atoms with E-state index in [0.717, 1.165) is 11.1 Å². The fourth-order valence-corrected chi connectivity index (χ4v) is 2.86. The highest BCUT2D eigenvalue weighted by molar-refractivity contribution is 5.89. The van der Waals surface area contributed by atoms with E-state index in [1.807, 2.05) is 24.3 Å². The molecule has 0 saturated carbocycles. The van der Waals surface area contributed by atoms with E-state index in [2.05, 4.69) is 4.98 Å². The van der Waals surface area contributed by atoms with Gasteiger partial charge in [-0.3, -0.25) is 9.36 Å². The lowest BCUT2D eigenvalue weighted by atomic mass is 10.1. The summed E-state index contributed by atoms with van der Waals surface area (Å²) in [5.74, 6) is 1.20. The molecule has 0 aliphatic carbocycles. The Bertz CT molecular complexity index is 981. The number of nitrogens with two attached hydrogens (primary N) is 1. The molecule has 3 aromatic rings. The molecule has 0 aliphatic rings. The van der Waals surface area contributed by atoms with Gasteiger partial charge < -0.3 is 19.9 Å². The summed E-state index contributed by atoms with van der Waals surface area (Å²) < 4.78 is 17.6. The van der Waals surface area contributed by atoms with E-state index in [-0.39, 0.29) is 5.56 Å². The summed E-state index contributed by atoms with van der Waals surface area (Å²) in [6, 6.07) is 9.43. The predicted molar refractivity (Wildman–Crippen MR) is 99.1 cm³/mol. The molecule has 136 valence electrons. The topological polar surface area (TPSA) is 88.6 Å². The summed E-state index contributed by atoms with van der Waals surface area (Å²) >= 11 is 0. The molecule has 0 fully saturated rings. The summed E-state index contributed by atoms with van der Waals surface area (Å²) in [4.78, 5) is 17.4. The second kappa shape index (κ2) is 7.45. The van der Waals surface area contributed by atoms with Gasteiger partial charge in [0.2, 0.25) is 5.75 Å². The fourth-order valence-electron chi connectivity index (χ4n) is 2.86. The Kier molecular flexibility index (Phi) is 5.09. The molecule has 0 unspecified atom stereocenters. The summed E-state index contributed by atoms with van der Waals surface area (Å²) in [5.41, 5.74) is 7.90. The van der Waals surface area contributed by atoms with Gasteiger partial charge in [-0.2, -0.15) is 0 Å². The lowest BCUT2D eigenvalue weighted by Gasteiger charge is -2.15. The van der Waals surface area contributed by atoms with Crippen molar-refractivity contribution in [2.75, 3.05) is 21.3 Å². The normalized spacial score (nSPS) is 10.8. The highest BCUT2D eigenvalue weighted by Crippen LogP contribution is 2.41. The van der Waals surface area contributed by atoms with Gasteiger partial charge in [-0.15, -0.1) is 0 Å². The molecule has 1 heterocycles. The smallest absolute Gasteiger partial charge is 0.261 e. The van der Waals surface area contributed by atoms with Crippen molar-refractivity contribution in [1.29, 1.82) is 0 Å². The molecule has 0 bridgehead atoms. The predicted octanol–water partition coefficient (Wildman–Crippen LogP) is 1.93. The quantitative estimate of drug-likeness (QED) is 0.727. The Morgan fingerprint density at radius 2 is 1.65 bits per heavy atom. The molecule has 0 amide bonds. The molecule has 26 heavy (non-hydrogen) atoms. The third-order valence-corrected chi connectivity index (χ3v) is 4.23. The lowest BCUT2D eigenvalue weighted by Crippen LogP contribution is -2.21. The minimum Gasteiger partial charge on any atom is -0.493 e. The third kappa shape index (κ3) is 3.09. The number of aromatic nitrogens is 2. The van der Waals surface area contributed by atoms with Crippen molar-refractivity contribution in [2.45, 2.75) is 13.1 Å². The fraction of sp³-hybridized carbons (Fsp3) is 0.263. The Hall–Kier alpha value is -3.06. The van der Waals surface area contributed by atoms with E-state index in [4.69, 9.17) is 19.9 Å². The van der Waals surface area contributed by atoms with Crippen LogP contribution < -0.4 is 25.5 Å². The number of hydrogen-bond acceptors (Lipinski definition) is 6. The van der Waals surface area contributed by atoms with Gasteiger partial charge in [0.05, 0.1) is 39.6 Å². The number of ether oxygens (including phenoxy) is 3. The lowest BCUT2D eigenvalue weighted by molar-refractivity contribution is 0.326. The van der Waals surface area contributed by atoms with E-state index in [1.165, 1.54) is 27.7 Å². The molecule has 2 aromatic carbocycles. The average Bonchev–Trinajstić information content (AvgIpc) is 2.69. The number of hydrogen-bond donors (Lipinski definition) is 1. The molecule has 0 saturated heterocycles. The van der Waals surface area contributed by atoms with E-state index < -0.39 is 0 Å². The van der Waals surface area contributed by atoms with Crippen molar-refractivity contribution < 1.29 is 14.2 Å². The van der Waals surface area contributed by atoms with Crippen LogP contribution >= 0.6 is 0 Å². The number of rotatable bonds is 6. The van der Waals surface area contributed by atoms with Gasteiger partial charge in [0.1, 0.15) is 5.52 Å². The Morgan fingerprint density at radius 3 is 2.23 bits per heavy atom. The minimum absolute atomic E-state index is 0.183. The first kappa shape index (κ1) is 17.8. The van der Waals surface area contributed by atoms with Crippen LogP contribution in [-0.4, -0.2) is 30.9 Å². The largest absolute Gasteiger partial charge is 0.493 e. The number of benzene rings is 2. The van der Waals surface area contributed by atoms with Crippen LogP contribution in [0, 0.1) is 0 Å². The molecule has 0 atom stereocenters. The van der Waals surface area contributed by atoms with Gasteiger partial charge in [-0.1, -0.05) is 24.3 Å². The molecule has 7 heteroatoms. The van der Waals surface area contributed by atoms with Crippen LogP contribution in [0.2, 0.25) is 0 Å².